The van der Waals surface area contributed by atoms with Gasteiger partial charge in [-0.05, 0) is 49.6 Å². The maximum absolute atomic E-state index is 12.8. The van der Waals surface area contributed by atoms with Gasteiger partial charge >= 0.3 is 0 Å². The molecule has 3 N–H and O–H groups in total. The Morgan fingerprint density at radius 2 is 1.84 bits per heavy atom. The molecule has 0 aliphatic carbocycles. The quantitative estimate of drug-likeness (QED) is 0.566. The molecule has 0 fully saturated rings. The predicted molar refractivity (Wildman–Crippen MR) is 124 cm³/mol. The van der Waals surface area contributed by atoms with Crippen molar-refractivity contribution in [1.29, 1.82) is 0 Å². The maximum atomic E-state index is 12.8. The average Bonchev–Trinajstić information content (AvgIpc) is 3.02. The van der Waals surface area contributed by atoms with Gasteiger partial charge in [0.15, 0.2) is 0 Å². The number of benzene rings is 2. The van der Waals surface area contributed by atoms with Gasteiger partial charge in [-0.25, -0.2) is 8.42 Å². The normalized spacial score (nSPS) is 16.2. The van der Waals surface area contributed by atoms with E-state index in [4.69, 9.17) is 0 Å². The molecule has 1 aliphatic rings. The largest absolute Gasteiger partial charge is 0.345 e. The second kappa shape index (κ2) is 9.95. The first-order valence-corrected chi connectivity index (χ1v) is 12.0. The first-order chi connectivity index (χ1) is 15.2. The zero-order chi connectivity index (χ0) is 23.3. The summed E-state index contributed by atoms with van der Waals surface area (Å²) >= 11 is 0. The number of rotatable bonds is 8. The molecule has 1 heterocycles. The summed E-state index contributed by atoms with van der Waals surface area (Å²) in [6.07, 6.45) is 2.02. The predicted octanol–water partition coefficient (Wildman–Crippen LogP) is 2.66. The number of nitrogens with one attached hydrogen (secondary N) is 3. The zero-order valence-electron chi connectivity index (χ0n) is 18.4. The molecule has 32 heavy (non-hydrogen) atoms. The van der Waals surface area contributed by atoms with E-state index in [2.05, 4.69) is 20.3 Å². The number of amides is 2. The molecular weight excluding hydrogens is 428 g/mol. The number of sulfonamides is 1. The van der Waals surface area contributed by atoms with Crippen LogP contribution in [0.5, 0.6) is 0 Å². The molecule has 0 saturated heterocycles. The van der Waals surface area contributed by atoms with Gasteiger partial charge in [0, 0.05) is 11.3 Å². The third-order valence-corrected chi connectivity index (χ3v) is 6.78. The van der Waals surface area contributed by atoms with Crippen LogP contribution in [0.4, 0.5) is 5.69 Å². The Balaban J connectivity index is 1.71. The van der Waals surface area contributed by atoms with Crippen LogP contribution < -0.4 is 15.4 Å². The number of hydrogen-bond donors (Lipinski definition) is 3. The van der Waals surface area contributed by atoms with Crippen molar-refractivity contribution in [2.75, 3.05) is 11.9 Å². The average molecular weight is 457 g/mol. The highest BCUT2D eigenvalue weighted by atomic mass is 32.2. The van der Waals surface area contributed by atoms with E-state index in [0.29, 0.717) is 17.7 Å². The summed E-state index contributed by atoms with van der Waals surface area (Å²) in [5, 5.41) is 5.43. The number of fused-ring (bicyclic) bond motifs is 1. The van der Waals surface area contributed by atoms with Gasteiger partial charge in [0.25, 0.3) is 10.0 Å². The van der Waals surface area contributed by atoms with Crippen LogP contribution >= 0.6 is 0 Å². The molecule has 2 amide bonds. The number of nitrogens with zero attached hydrogens (tertiary/aromatic N) is 1. The Morgan fingerprint density at radius 3 is 2.59 bits per heavy atom. The number of amidine groups is 1. The summed E-state index contributed by atoms with van der Waals surface area (Å²) in [5.74, 6) is -0.622. The Kier molecular flexibility index (Phi) is 7.29. The van der Waals surface area contributed by atoms with Gasteiger partial charge in [-0.2, -0.15) is 0 Å². The summed E-state index contributed by atoms with van der Waals surface area (Å²) in [4.78, 5) is 29.7. The molecule has 2 aromatic rings. The van der Waals surface area contributed by atoms with Gasteiger partial charge in [0.2, 0.25) is 11.8 Å². The standard InChI is InChI=1S/C23H28N4O4S/c1-4-5-11-19(26-22-17-10-6-7-13-20(17)32(30,31)27-22)23(29)24-14-21(28)25-18-12-8-9-15(2)16(18)3/h6-10,12-13,19H,4-5,11,14H2,1-3H3,(H,24,29)(H,25,28)(H,26,27). The van der Waals surface area contributed by atoms with Gasteiger partial charge in [0.1, 0.15) is 11.9 Å². The van der Waals surface area contributed by atoms with Gasteiger partial charge in [-0.15, -0.1) is 0 Å². The molecule has 8 nitrogen and oxygen atoms in total. The van der Waals surface area contributed by atoms with Crippen molar-refractivity contribution in [2.45, 2.75) is 51.0 Å². The fraction of sp³-hybridized carbons (Fsp3) is 0.348. The number of aryl methyl sites for hydroxylation is 1. The monoisotopic (exact) mass is 456 g/mol. The first-order valence-electron chi connectivity index (χ1n) is 10.6. The maximum Gasteiger partial charge on any atom is 0.263 e. The molecule has 2 aromatic carbocycles. The Morgan fingerprint density at radius 1 is 1.09 bits per heavy atom. The molecule has 0 aromatic heterocycles. The van der Waals surface area contributed by atoms with Crippen LogP contribution in [0.3, 0.4) is 0 Å². The molecular formula is C23H28N4O4S. The fourth-order valence-electron chi connectivity index (χ4n) is 3.40. The highest BCUT2D eigenvalue weighted by molar-refractivity contribution is 7.90. The summed E-state index contributed by atoms with van der Waals surface area (Å²) in [6, 6.07) is 11.3. The van der Waals surface area contributed by atoms with Crippen LogP contribution in [0.1, 0.15) is 42.9 Å². The SMILES string of the molecule is CCCCC(N=C1NS(=O)(=O)c2ccccc21)C(=O)NCC(=O)Nc1cccc(C)c1C. The number of unbranched alkanes of at least 4 members (excludes halogenated alkanes) is 1. The van der Waals surface area contributed by atoms with E-state index in [-0.39, 0.29) is 23.2 Å². The number of carbonyl (C=O) groups excluding carboxylic acids is 2. The zero-order valence-corrected chi connectivity index (χ0v) is 19.3. The van der Waals surface area contributed by atoms with Crippen molar-refractivity contribution < 1.29 is 18.0 Å². The second-order valence-electron chi connectivity index (χ2n) is 7.75. The molecule has 3 rings (SSSR count). The highest BCUT2D eigenvalue weighted by Crippen LogP contribution is 2.23. The van der Waals surface area contributed by atoms with Crippen molar-refractivity contribution in [2.24, 2.45) is 4.99 Å². The molecule has 9 heteroatoms. The Hall–Kier alpha value is -3.20. The molecule has 0 saturated carbocycles. The molecule has 170 valence electrons. The van der Waals surface area contributed by atoms with Crippen molar-refractivity contribution >= 4 is 33.4 Å². The molecule has 0 radical (unpaired) electrons. The van der Waals surface area contributed by atoms with E-state index < -0.39 is 22.0 Å². The minimum absolute atomic E-state index is 0.140. The van der Waals surface area contributed by atoms with Crippen molar-refractivity contribution in [3.05, 3.63) is 59.2 Å². The number of carbonyl (C=O) groups is 2. The van der Waals surface area contributed by atoms with Gasteiger partial charge in [-0.1, -0.05) is 44.0 Å². The lowest BCUT2D eigenvalue weighted by Crippen LogP contribution is -2.39. The van der Waals surface area contributed by atoms with Crippen molar-refractivity contribution in [1.82, 2.24) is 10.0 Å². The highest BCUT2D eigenvalue weighted by Gasteiger charge is 2.31. The molecule has 1 atom stereocenters. The van der Waals surface area contributed by atoms with Crippen LogP contribution in [0.15, 0.2) is 52.4 Å². The van der Waals surface area contributed by atoms with E-state index in [0.717, 1.165) is 24.0 Å². The minimum atomic E-state index is -3.69. The third kappa shape index (κ3) is 5.34. The van der Waals surface area contributed by atoms with Crippen LogP contribution in [0.2, 0.25) is 0 Å². The fourth-order valence-corrected chi connectivity index (χ4v) is 4.64. The second-order valence-corrected chi connectivity index (χ2v) is 9.40. The van der Waals surface area contributed by atoms with Crippen LogP contribution in [0.25, 0.3) is 0 Å². The molecule has 0 bridgehead atoms. The summed E-state index contributed by atoms with van der Waals surface area (Å²) in [5.41, 5.74) is 3.16. The number of hydrogen-bond acceptors (Lipinski definition) is 5. The van der Waals surface area contributed by atoms with Crippen LogP contribution in [0, 0.1) is 13.8 Å². The van der Waals surface area contributed by atoms with Gasteiger partial charge < -0.3 is 10.6 Å². The lowest BCUT2D eigenvalue weighted by atomic mass is 10.1. The van der Waals surface area contributed by atoms with E-state index in [1.165, 1.54) is 6.07 Å². The molecule has 0 spiro atoms. The van der Waals surface area contributed by atoms with Crippen molar-refractivity contribution in [3.63, 3.8) is 0 Å². The van der Waals surface area contributed by atoms with Gasteiger partial charge in [0.05, 0.1) is 11.4 Å². The first kappa shape index (κ1) is 23.5. The Labute approximate surface area is 188 Å². The number of anilines is 1. The summed E-state index contributed by atoms with van der Waals surface area (Å²) in [6.45, 7) is 5.66. The van der Waals surface area contributed by atoms with E-state index in [9.17, 15) is 18.0 Å². The van der Waals surface area contributed by atoms with Gasteiger partial charge in [-0.3, -0.25) is 19.3 Å². The van der Waals surface area contributed by atoms with E-state index in [1.54, 1.807) is 18.2 Å². The molecule has 1 aliphatic heterocycles. The van der Waals surface area contributed by atoms with Crippen LogP contribution in [-0.4, -0.2) is 38.7 Å². The number of aliphatic imine (C=N–C) groups is 1. The lowest BCUT2D eigenvalue weighted by Gasteiger charge is -2.15. The lowest BCUT2D eigenvalue weighted by molar-refractivity contribution is -0.125. The van der Waals surface area contributed by atoms with Crippen LogP contribution in [-0.2, 0) is 19.6 Å². The molecule has 1 unspecified atom stereocenters. The Bertz CT molecular complexity index is 1160. The summed E-state index contributed by atoms with van der Waals surface area (Å²) < 4.78 is 27.1. The topological polar surface area (TPSA) is 117 Å². The van der Waals surface area contributed by atoms with E-state index in [1.807, 2.05) is 39.0 Å². The van der Waals surface area contributed by atoms with Crippen molar-refractivity contribution in [3.8, 4) is 0 Å². The third-order valence-electron chi connectivity index (χ3n) is 5.38. The van der Waals surface area contributed by atoms with E-state index >= 15 is 0 Å². The summed E-state index contributed by atoms with van der Waals surface area (Å²) in [7, 11) is -3.69. The smallest absolute Gasteiger partial charge is 0.263 e. The minimum Gasteiger partial charge on any atom is -0.345 e.